The van der Waals surface area contributed by atoms with Gasteiger partial charge < -0.3 is 31.1 Å². The average molecular weight is 1060 g/mol. The van der Waals surface area contributed by atoms with Crippen molar-refractivity contribution in [3.63, 3.8) is 0 Å². The van der Waals surface area contributed by atoms with Crippen molar-refractivity contribution in [2.24, 2.45) is 20.5 Å². The molecule has 0 spiro atoms. The number of nitro groups is 1. The van der Waals surface area contributed by atoms with Crippen molar-refractivity contribution in [2.75, 3.05) is 16.4 Å². The molecule has 0 aliphatic heterocycles. The van der Waals surface area contributed by atoms with Gasteiger partial charge in [0.15, 0.2) is 27.0 Å². The molecular weight excluding hydrogens is 1020 g/mol. The Kier molecular flexibility index (Phi) is 18.0. The van der Waals surface area contributed by atoms with Gasteiger partial charge in [-0.25, -0.2) is 13.4 Å². The summed E-state index contributed by atoms with van der Waals surface area (Å²) in [4.78, 5) is 34.2. The zero-order valence-corrected chi connectivity index (χ0v) is 40.6. The Morgan fingerprint density at radius 3 is 2.08 bits per heavy atom. The number of carbonyl (C=O) groups is 1. The van der Waals surface area contributed by atoms with E-state index in [1.807, 2.05) is 13.0 Å². The number of nitrogens with zero attached hydrogens (tertiary/aromatic N) is 8. The summed E-state index contributed by atoms with van der Waals surface area (Å²) in [5, 5.41) is 73.2. The summed E-state index contributed by atoms with van der Waals surface area (Å²) in [7, 11) is -8.32. The van der Waals surface area contributed by atoms with E-state index in [0.717, 1.165) is 17.9 Å². The first-order valence-corrected chi connectivity index (χ1v) is 23.8. The van der Waals surface area contributed by atoms with Crippen molar-refractivity contribution in [3.05, 3.63) is 160 Å². The van der Waals surface area contributed by atoms with E-state index in [1.165, 1.54) is 6.07 Å². The van der Waals surface area contributed by atoms with E-state index in [0.29, 0.717) is 47.6 Å². The van der Waals surface area contributed by atoms with Crippen LogP contribution in [0.15, 0.2) is 163 Å². The topological polar surface area (TPSA) is 342 Å². The first kappa shape index (κ1) is 54.0. The molecule has 6 aromatic carbocycles. The summed E-state index contributed by atoms with van der Waals surface area (Å²) in [5.74, 6) is -1.98. The first-order valence-electron chi connectivity index (χ1n) is 20.3. The van der Waals surface area contributed by atoms with Crippen LogP contribution in [0.1, 0.15) is 31.7 Å². The van der Waals surface area contributed by atoms with Gasteiger partial charge in [-0.15, -0.1) is 20.5 Å². The van der Waals surface area contributed by atoms with Gasteiger partial charge in [0.25, 0.3) is 21.7 Å². The zero-order chi connectivity index (χ0) is 50.8. The summed E-state index contributed by atoms with van der Waals surface area (Å²) in [6, 6.07) is 31.1. The third-order valence-electron chi connectivity index (χ3n) is 9.52. The van der Waals surface area contributed by atoms with Crippen molar-refractivity contribution in [1.29, 1.82) is 0 Å². The minimum atomic E-state index is -5.02. The molecule has 366 valence electrons. The maximum Gasteiger partial charge on any atom is 0.298 e. The maximum absolute atomic E-state index is 12.3. The van der Waals surface area contributed by atoms with Gasteiger partial charge in [-0.2, -0.15) is 18.4 Å². The summed E-state index contributed by atoms with van der Waals surface area (Å²) in [6.07, 6.45) is 0.862. The van der Waals surface area contributed by atoms with Crippen LogP contribution in [0, 0.1) is 10.1 Å². The fraction of sp³-hybridized carbons (Fsp3) is 0.111. The number of aliphatic hydroxyl groups excluding tert-OH is 1. The molecule has 7 aromatic rings. The Morgan fingerprint density at radius 1 is 0.775 bits per heavy atom. The third kappa shape index (κ3) is 14.3. The number of nitro benzene ring substituents is 1. The Bertz CT molecular complexity index is 3440. The van der Waals surface area contributed by atoms with Crippen LogP contribution in [-0.4, -0.2) is 73.3 Å². The molecule has 1 heterocycles. The number of nitrogens with one attached hydrogen (secondary N) is 2. The number of fused-ring (bicyclic) bond motifs is 1. The van der Waals surface area contributed by atoms with Crippen molar-refractivity contribution in [3.8, 4) is 17.2 Å². The van der Waals surface area contributed by atoms with Gasteiger partial charge in [-0.1, -0.05) is 61.5 Å². The zero-order valence-electron chi connectivity index (χ0n) is 36.9. The van der Waals surface area contributed by atoms with Crippen LogP contribution in [-0.2, 0) is 48.5 Å². The second-order valence-corrected chi connectivity index (χ2v) is 18.5. The fourth-order valence-corrected chi connectivity index (χ4v) is 8.32. The smallest absolute Gasteiger partial charge is 0.298 e. The van der Waals surface area contributed by atoms with Gasteiger partial charge in [-0.05, 0) is 90.5 Å². The number of halogens is 1. The minimum Gasteiger partial charge on any atom is -0.510 e. The molecule has 0 atom stereocenters. The number of sulfone groups is 1. The number of hydrogen-bond acceptors (Lipinski definition) is 19. The molecular formula is C45H39ClCrN10O12S2. The number of rotatable bonds is 15. The van der Waals surface area contributed by atoms with E-state index < -0.39 is 64.3 Å². The summed E-state index contributed by atoms with van der Waals surface area (Å²) in [6.45, 7) is 2.95. The van der Waals surface area contributed by atoms with Gasteiger partial charge in [0.1, 0.15) is 39.3 Å². The molecule has 7 N–H and O–H groups in total. The van der Waals surface area contributed by atoms with Gasteiger partial charge in [0, 0.05) is 52.7 Å². The molecule has 0 radical (unpaired) electrons. The molecule has 26 heteroatoms. The van der Waals surface area contributed by atoms with Crippen molar-refractivity contribution in [2.45, 2.75) is 36.5 Å². The number of hydrogen-bond donors (Lipinski definition) is 7. The van der Waals surface area contributed by atoms with Crippen LogP contribution in [0.5, 0.6) is 17.2 Å². The van der Waals surface area contributed by atoms with Crippen LogP contribution in [0.4, 0.5) is 40.1 Å². The molecule has 0 saturated carbocycles. The predicted molar refractivity (Wildman–Crippen MR) is 257 cm³/mol. The van der Waals surface area contributed by atoms with E-state index in [4.69, 9.17) is 16.2 Å². The van der Waals surface area contributed by atoms with Gasteiger partial charge in [0.2, 0.25) is 11.2 Å². The van der Waals surface area contributed by atoms with Gasteiger partial charge in [0.05, 0.1) is 15.6 Å². The predicted octanol–water partition coefficient (Wildman–Crippen LogP) is 10.1. The average Bonchev–Trinajstić information content (AvgIpc) is 3.30. The number of amides is 1. The van der Waals surface area contributed by atoms with Gasteiger partial charge >= 0.3 is 0 Å². The fourth-order valence-electron chi connectivity index (χ4n) is 6.20. The van der Waals surface area contributed by atoms with E-state index in [-0.39, 0.29) is 62.1 Å². The molecule has 71 heavy (non-hydrogen) atoms. The number of phenolic OH excluding ortho intramolecular Hbond substituents is 3. The van der Waals surface area contributed by atoms with Crippen LogP contribution < -0.4 is 10.6 Å². The Morgan fingerprint density at radius 2 is 1.44 bits per heavy atom. The van der Waals surface area contributed by atoms with Crippen LogP contribution in [0.3, 0.4) is 0 Å². The molecule has 1 amide bonds. The second kappa shape index (κ2) is 23.6. The number of non-ortho nitro benzene ring substituents is 1. The maximum atomic E-state index is 12.3. The van der Waals surface area contributed by atoms with E-state index >= 15 is 0 Å². The number of allylic oxidation sites excluding steroid dienone is 1. The second-order valence-electron chi connectivity index (χ2n) is 14.7. The number of aromatic hydroxyl groups is 3. The molecule has 0 aliphatic carbocycles. The number of azo groups is 2. The molecule has 0 saturated heterocycles. The van der Waals surface area contributed by atoms with E-state index in [9.17, 15) is 52.2 Å². The number of carbonyl (C=O) groups excluding carboxylic acids is 1. The van der Waals surface area contributed by atoms with Gasteiger partial charge in [-0.3, -0.25) is 19.5 Å². The first-order chi connectivity index (χ1) is 33.2. The SMILES string of the molecule is C/C(O)=C(/N=Nc1cc([N+](=O)[O-])cc(S(=O)(=O)O)c1O)C(=O)Nc1ccccc1.CCCS(=O)(=O)c1ccc(Cc2nc(Cl)nc(Nc3ccc4ccc(N=Nc5ccccc5O)c(O)c4c3)n2)cc1.[Cr]. The van der Waals surface area contributed by atoms with Crippen LogP contribution in [0.2, 0.25) is 5.28 Å². The Balaban J connectivity index is 0.000000277. The molecule has 0 fully saturated rings. The Hall–Kier alpha value is -7.92. The number of phenols is 3. The number of benzene rings is 6. The number of aliphatic hydroxyl groups is 1. The molecule has 22 nitrogen and oxygen atoms in total. The quantitative estimate of drug-likeness (QED) is 0.0125. The number of aromatic nitrogens is 3. The standard InChI is InChI=1S/C29H25ClN6O4S.C16H14N4O8S.Cr/c1-2-15-41(39,40)21-12-7-18(8-13-21)16-26-32-28(30)34-29(33-26)31-20-11-9-19-10-14-24(27(38)22(19)17-20)36-35-23-5-3-4-6-25(23)37;1-9(21)14(16(23)17-10-5-3-2-4-6-10)19-18-12-7-11(20(24)25)8-13(15(12)22)29(26,27)28;/h3-14,17,37-38H,2,15-16H2,1H3,(H,31,32,33,34);2-8,21-22H,1H3,(H,17,23)(H,26,27,28);/b;14-9-,19-18?;. The van der Waals surface area contributed by atoms with Crippen LogP contribution >= 0.6 is 11.6 Å². The van der Waals surface area contributed by atoms with E-state index in [2.05, 4.69) is 46.0 Å². The molecule has 7 rings (SSSR count). The van der Waals surface area contributed by atoms with Crippen molar-refractivity contribution < 1.29 is 68.9 Å². The summed E-state index contributed by atoms with van der Waals surface area (Å²) < 4.78 is 56.4. The normalized spacial score (nSPS) is 11.9. The monoisotopic (exact) mass is 1060 g/mol. The minimum absolute atomic E-state index is 0. The van der Waals surface area contributed by atoms with Crippen LogP contribution in [0.25, 0.3) is 10.8 Å². The third-order valence-corrected chi connectivity index (χ3v) is 12.5. The molecule has 0 bridgehead atoms. The molecule has 0 aliphatic rings. The van der Waals surface area contributed by atoms with Crippen molar-refractivity contribution in [1.82, 2.24) is 15.0 Å². The number of para-hydroxylation sites is 2. The molecule has 0 unspecified atom stereocenters. The number of anilines is 3. The summed E-state index contributed by atoms with van der Waals surface area (Å²) >= 11 is 6.18. The van der Waals surface area contributed by atoms with Crippen molar-refractivity contribution >= 4 is 88.3 Å². The summed E-state index contributed by atoms with van der Waals surface area (Å²) in [5.41, 5.74) is 0.143. The largest absolute Gasteiger partial charge is 0.510 e. The van der Waals surface area contributed by atoms with E-state index in [1.54, 1.807) is 97.1 Å². The molecule has 1 aromatic heterocycles. The Labute approximate surface area is 420 Å².